The van der Waals surface area contributed by atoms with Gasteiger partial charge in [-0.15, -0.1) is 0 Å². The number of rotatable bonds is 4. The summed E-state index contributed by atoms with van der Waals surface area (Å²) in [6.07, 6.45) is 4.64. The van der Waals surface area contributed by atoms with Gasteiger partial charge in [-0.05, 0) is 24.8 Å². The van der Waals surface area contributed by atoms with Crippen LogP contribution in [0, 0.1) is 5.92 Å². The van der Waals surface area contributed by atoms with Gasteiger partial charge in [0.15, 0.2) is 0 Å². The highest BCUT2D eigenvalue weighted by Crippen LogP contribution is 2.40. The molecule has 1 aliphatic carbocycles. The van der Waals surface area contributed by atoms with E-state index in [4.69, 9.17) is 10.5 Å². The number of pyridine rings is 1. The van der Waals surface area contributed by atoms with Crippen LogP contribution in [-0.2, 0) is 4.74 Å². The molecule has 0 bridgehead atoms. The van der Waals surface area contributed by atoms with Gasteiger partial charge >= 0.3 is 0 Å². The molecule has 2 rings (SSSR count). The van der Waals surface area contributed by atoms with Crippen LogP contribution in [0.2, 0.25) is 0 Å². The Kier molecular flexibility index (Phi) is 2.88. The summed E-state index contributed by atoms with van der Waals surface area (Å²) >= 11 is 0. The lowest BCUT2D eigenvalue weighted by Gasteiger charge is -2.22. The maximum absolute atomic E-state index is 10.1. The maximum Gasteiger partial charge on any atom is 0.109 e. The summed E-state index contributed by atoms with van der Waals surface area (Å²) in [5.74, 6) is 0.463. The standard InChI is InChI=1S/C11H16N2O2/c1-15-11(7-2-3-7)10(14)8-6-13-5-4-9(8)12/h4-7,10-11,14H,2-3H2,1H3,(H2,12,13). The monoisotopic (exact) mass is 208 g/mol. The van der Waals surface area contributed by atoms with E-state index >= 15 is 0 Å². The molecule has 1 aliphatic rings. The van der Waals surface area contributed by atoms with Crippen LogP contribution in [0.15, 0.2) is 18.5 Å². The van der Waals surface area contributed by atoms with Gasteiger partial charge in [0.05, 0.1) is 6.10 Å². The van der Waals surface area contributed by atoms with E-state index in [1.807, 2.05) is 0 Å². The Bertz CT molecular complexity index is 339. The van der Waals surface area contributed by atoms with E-state index in [-0.39, 0.29) is 6.10 Å². The molecule has 2 atom stereocenters. The van der Waals surface area contributed by atoms with Crippen LogP contribution < -0.4 is 5.73 Å². The molecule has 82 valence electrons. The van der Waals surface area contributed by atoms with E-state index in [2.05, 4.69) is 4.98 Å². The Balaban J connectivity index is 2.18. The second-order valence-corrected chi connectivity index (χ2v) is 3.99. The lowest BCUT2D eigenvalue weighted by molar-refractivity contribution is -0.0257. The summed E-state index contributed by atoms with van der Waals surface area (Å²) in [5, 5.41) is 10.1. The molecule has 0 saturated heterocycles. The average Bonchev–Trinajstić information content (AvgIpc) is 3.03. The minimum absolute atomic E-state index is 0.156. The van der Waals surface area contributed by atoms with Gasteiger partial charge in [-0.2, -0.15) is 0 Å². The molecule has 0 spiro atoms. The van der Waals surface area contributed by atoms with Gasteiger partial charge in [-0.1, -0.05) is 0 Å². The molecule has 3 N–H and O–H groups in total. The van der Waals surface area contributed by atoms with Crippen molar-refractivity contribution < 1.29 is 9.84 Å². The average molecular weight is 208 g/mol. The molecule has 15 heavy (non-hydrogen) atoms. The number of nitrogens with zero attached hydrogens (tertiary/aromatic N) is 1. The van der Waals surface area contributed by atoms with Crippen molar-refractivity contribution in [3.05, 3.63) is 24.0 Å². The molecule has 2 unspecified atom stereocenters. The molecule has 0 aliphatic heterocycles. The number of ether oxygens (including phenoxy) is 1. The number of nitrogens with two attached hydrogens (primary N) is 1. The quantitative estimate of drug-likeness (QED) is 0.778. The second-order valence-electron chi connectivity index (χ2n) is 3.99. The number of hydrogen-bond acceptors (Lipinski definition) is 4. The number of aromatic nitrogens is 1. The number of aliphatic hydroxyl groups excluding tert-OH is 1. The summed E-state index contributed by atoms with van der Waals surface area (Å²) in [6.45, 7) is 0. The normalized spacial score (nSPS) is 19.9. The molecule has 4 heteroatoms. The van der Waals surface area contributed by atoms with Gasteiger partial charge in [-0.25, -0.2) is 0 Å². The zero-order chi connectivity index (χ0) is 10.8. The third-order valence-corrected chi connectivity index (χ3v) is 2.88. The fourth-order valence-corrected chi connectivity index (χ4v) is 1.85. The molecule has 0 aromatic carbocycles. The molecule has 1 heterocycles. The minimum atomic E-state index is -0.670. The molecule has 1 fully saturated rings. The molecule has 1 saturated carbocycles. The van der Waals surface area contributed by atoms with Crippen molar-refractivity contribution in [3.8, 4) is 0 Å². The Morgan fingerprint density at radius 3 is 2.87 bits per heavy atom. The molecule has 0 amide bonds. The predicted molar refractivity (Wildman–Crippen MR) is 57.1 cm³/mol. The highest BCUT2D eigenvalue weighted by atomic mass is 16.5. The van der Waals surface area contributed by atoms with E-state index in [0.717, 1.165) is 12.8 Å². The van der Waals surface area contributed by atoms with Crippen molar-refractivity contribution in [1.82, 2.24) is 4.98 Å². The number of anilines is 1. The first-order valence-corrected chi connectivity index (χ1v) is 5.14. The lowest BCUT2D eigenvalue weighted by Crippen LogP contribution is -2.24. The summed E-state index contributed by atoms with van der Waals surface area (Å²) in [4.78, 5) is 3.97. The summed E-state index contributed by atoms with van der Waals surface area (Å²) in [6, 6.07) is 1.69. The third-order valence-electron chi connectivity index (χ3n) is 2.88. The number of aliphatic hydroxyl groups is 1. The van der Waals surface area contributed by atoms with Crippen molar-refractivity contribution in [2.75, 3.05) is 12.8 Å². The van der Waals surface area contributed by atoms with E-state index < -0.39 is 6.10 Å². The Labute approximate surface area is 89.1 Å². The highest BCUT2D eigenvalue weighted by molar-refractivity contribution is 5.46. The van der Waals surface area contributed by atoms with Gasteiger partial charge in [0, 0.05) is 30.8 Å². The Morgan fingerprint density at radius 2 is 2.33 bits per heavy atom. The number of nitrogen functional groups attached to an aromatic ring is 1. The summed E-state index contributed by atoms with van der Waals surface area (Å²) in [5.41, 5.74) is 7.01. The molecule has 1 aromatic rings. The molecule has 1 aromatic heterocycles. The lowest BCUT2D eigenvalue weighted by atomic mass is 10.0. The zero-order valence-corrected chi connectivity index (χ0v) is 8.76. The smallest absolute Gasteiger partial charge is 0.109 e. The largest absolute Gasteiger partial charge is 0.398 e. The molecular formula is C11H16N2O2. The fraction of sp³-hybridized carbons (Fsp3) is 0.545. The second kappa shape index (κ2) is 4.16. The third kappa shape index (κ3) is 2.11. The Hall–Kier alpha value is -1.13. The van der Waals surface area contributed by atoms with Crippen molar-refractivity contribution in [3.63, 3.8) is 0 Å². The van der Waals surface area contributed by atoms with Crippen LogP contribution >= 0.6 is 0 Å². The van der Waals surface area contributed by atoms with Gasteiger partial charge in [0.1, 0.15) is 6.10 Å². The summed E-state index contributed by atoms with van der Waals surface area (Å²) in [7, 11) is 1.62. The van der Waals surface area contributed by atoms with Crippen LogP contribution in [-0.4, -0.2) is 23.3 Å². The van der Waals surface area contributed by atoms with E-state index in [1.54, 1.807) is 25.6 Å². The van der Waals surface area contributed by atoms with E-state index in [1.165, 1.54) is 0 Å². The first kappa shape index (κ1) is 10.4. The minimum Gasteiger partial charge on any atom is -0.398 e. The first-order valence-electron chi connectivity index (χ1n) is 5.14. The van der Waals surface area contributed by atoms with E-state index in [9.17, 15) is 5.11 Å². The van der Waals surface area contributed by atoms with Crippen molar-refractivity contribution in [1.29, 1.82) is 0 Å². The SMILES string of the molecule is COC(C1CC1)C(O)c1cnccc1N. The number of methoxy groups -OCH3 is 1. The van der Waals surface area contributed by atoms with E-state index in [0.29, 0.717) is 17.2 Å². The van der Waals surface area contributed by atoms with Gasteiger partial charge in [0.25, 0.3) is 0 Å². The topological polar surface area (TPSA) is 68.4 Å². The van der Waals surface area contributed by atoms with Gasteiger partial charge in [-0.3, -0.25) is 4.98 Å². The molecular weight excluding hydrogens is 192 g/mol. The maximum atomic E-state index is 10.1. The van der Waals surface area contributed by atoms with Crippen LogP contribution in [0.3, 0.4) is 0 Å². The molecule has 0 radical (unpaired) electrons. The molecule has 4 nitrogen and oxygen atoms in total. The highest BCUT2D eigenvalue weighted by Gasteiger charge is 2.37. The van der Waals surface area contributed by atoms with Gasteiger partial charge in [0.2, 0.25) is 0 Å². The first-order chi connectivity index (χ1) is 7.24. The van der Waals surface area contributed by atoms with Crippen LogP contribution in [0.5, 0.6) is 0 Å². The fourth-order valence-electron chi connectivity index (χ4n) is 1.85. The Morgan fingerprint density at radius 1 is 1.60 bits per heavy atom. The van der Waals surface area contributed by atoms with Crippen molar-refractivity contribution in [2.24, 2.45) is 5.92 Å². The zero-order valence-electron chi connectivity index (χ0n) is 8.76. The van der Waals surface area contributed by atoms with Crippen LogP contribution in [0.4, 0.5) is 5.69 Å². The van der Waals surface area contributed by atoms with Gasteiger partial charge < -0.3 is 15.6 Å². The number of hydrogen-bond donors (Lipinski definition) is 2. The van der Waals surface area contributed by atoms with Crippen molar-refractivity contribution >= 4 is 5.69 Å². The predicted octanol–water partition coefficient (Wildman–Crippen LogP) is 1.12. The summed E-state index contributed by atoms with van der Waals surface area (Å²) < 4.78 is 5.31. The van der Waals surface area contributed by atoms with Crippen LogP contribution in [0.1, 0.15) is 24.5 Å². The van der Waals surface area contributed by atoms with Crippen molar-refractivity contribution in [2.45, 2.75) is 25.0 Å². The van der Waals surface area contributed by atoms with Crippen LogP contribution in [0.25, 0.3) is 0 Å².